The summed E-state index contributed by atoms with van der Waals surface area (Å²) in [6, 6.07) is 14.6. The summed E-state index contributed by atoms with van der Waals surface area (Å²) in [7, 11) is 1.49. The molecule has 0 aliphatic heterocycles. The molecule has 7 heteroatoms. The van der Waals surface area contributed by atoms with Crippen LogP contribution in [0, 0.1) is 5.92 Å². The van der Waals surface area contributed by atoms with Gasteiger partial charge in [0, 0.05) is 5.56 Å². The highest BCUT2D eigenvalue weighted by atomic mass is 16.5. The average Bonchev–Trinajstić information content (AvgIpc) is 2.70. The van der Waals surface area contributed by atoms with E-state index < -0.39 is 24.5 Å². The highest BCUT2D eigenvalue weighted by Gasteiger charge is 2.26. The molecule has 2 amide bonds. The van der Waals surface area contributed by atoms with E-state index in [0.29, 0.717) is 17.0 Å². The number of ether oxygens (including phenoxy) is 2. The van der Waals surface area contributed by atoms with Crippen LogP contribution in [0.3, 0.4) is 0 Å². The van der Waals surface area contributed by atoms with Crippen LogP contribution in [0.4, 0.5) is 5.69 Å². The molecule has 28 heavy (non-hydrogen) atoms. The molecule has 0 spiro atoms. The van der Waals surface area contributed by atoms with E-state index in [1.165, 1.54) is 7.11 Å². The Morgan fingerprint density at radius 2 is 1.61 bits per heavy atom. The van der Waals surface area contributed by atoms with Gasteiger partial charge in [0.25, 0.3) is 11.8 Å². The summed E-state index contributed by atoms with van der Waals surface area (Å²) >= 11 is 0. The quantitative estimate of drug-likeness (QED) is 0.683. The Bertz CT molecular complexity index is 821. The highest BCUT2D eigenvalue weighted by Crippen LogP contribution is 2.22. The second kappa shape index (κ2) is 10.1. The SMILES string of the molecule is COc1ccccc1NC(=O)COC(=O)[C@@H](NC(=O)c1ccccc1)C(C)C. The molecular weight excluding hydrogens is 360 g/mol. The molecule has 0 aliphatic rings. The number of hydrogen-bond acceptors (Lipinski definition) is 5. The van der Waals surface area contributed by atoms with Crippen LogP contribution in [0.15, 0.2) is 54.6 Å². The maximum atomic E-state index is 12.4. The number of carbonyl (C=O) groups excluding carboxylic acids is 3. The molecule has 0 aromatic heterocycles. The number of para-hydroxylation sites is 2. The van der Waals surface area contributed by atoms with Crippen molar-refractivity contribution in [3.8, 4) is 5.75 Å². The summed E-state index contributed by atoms with van der Waals surface area (Å²) in [5.41, 5.74) is 0.915. The molecule has 0 aliphatic carbocycles. The molecule has 0 radical (unpaired) electrons. The third kappa shape index (κ3) is 5.84. The molecule has 2 rings (SSSR count). The number of carbonyl (C=O) groups is 3. The van der Waals surface area contributed by atoms with Gasteiger partial charge in [-0.3, -0.25) is 9.59 Å². The second-order valence-corrected chi connectivity index (χ2v) is 6.42. The van der Waals surface area contributed by atoms with Gasteiger partial charge < -0.3 is 20.1 Å². The van der Waals surface area contributed by atoms with E-state index in [1.807, 2.05) is 0 Å². The van der Waals surface area contributed by atoms with Gasteiger partial charge in [0.05, 0.1) is 12.8 Å². The van der Waals surface area contributed by atoms with Crippen molar-refractivity contribution in [2.75, 3.05) is 19.0 Å². The summed E-state index contributed by atoms with van der Waals surface area (Å²) in [5, 5.41) is 5.28. The van der Waals surface area contributed by atoms with Crippen molar-refractivity contribution in [2.45, 2.75) is 19.9 Å². The molecule has 2 aromatic rings. The largest absolute Gasteiger partial charge is 0.495 e. The minimum Gasteiger partial charge on any atom is -0.495 e. The highest BCUT2D eigenvalue weighted by molar-refractivity contribution is 5.97. The molecule has 2 N–H and O–H groups in total. The lowest BCUT2D eigenvalue weighted by atomic mass is 10.0. The summed E-state index contributed by atoms with van der Waals surface area (Å²) in [5.74, 6) is -1.27. The van der Waals surface area contributed by atoms with E-state index >= 15 is 0 Å². The van der Waals surface area contributed by atoms with Gasteiger partial charge in [-0.2, -0.15) is 0 Å². The summed E-state index contributed by atoms with van der Waals surface area (Å²) in [6.07, 6.45) is 0. The van der Waals surface area contributed by atoms with Crippen molar-refractivity contribution in [3.05, 3.63) is 60.2 Å². The maximum Gasteiger partial charge on any atom is 0.329 e. The van der Waals surface area contributed by atoms with Crippen molar-refractivity contribution in [2.24, 2.45) is 5.92 Å². The maximum absolute atomic E-state index is 12.4. The van der Waals surface area contributed by atoms with Gasteiger partial charge in [-0.1, -0.05) is 44.2 Å². The third-order valence-electron chi connectivity index (χ3n) is 3.97. The summed E-state index contributed by atoms with van der Waals surface area (Å²) < 4.78 is 10.3. The number of nitrogens with one attached hydrogen (secondary N) is 2. The van der Waals surface area contributed by atoms with E-state index in [-0.39, 0.29) is 11.8 Å². The fourth-order valence-electron chi connectivity index (χ4n) is 2.47. The molecule has 7 nitrogen and oxygen atoms in total. The van der Waals surface area contributed by atoms with Crippen LogP contribution in [0.25, 0.3) is 0 Å². The van der Waals surface area contributed by atoms with Crippen molar-refractivity contribution in [1.82, 2.24) is 5.32 Å². The molecule has 0 saturated heterocycles. The molecule has 0 fully saturated rings. The number of benzene rings is 2. The van der Waals surface area contributed by atoms with Crippen LogP contribution < -0.4 is 15.4 Å². The minimum atomic E-state index is -0.869. The Labute approximate surface area is 164 Å². The van der Waals surface area contributed by atoms with Crippen LogP contribution in [0.2, 0.25) is 0 Å². The minimum absolute atomic E-state index is 0.211. The lowest BCUT2D eigenvalue weighted by Gasteiger charge is -2.21. The Morgan fingerprint density at radius 3 is 2.25 bits per heavy atom. The van der Waals surface area contributed by atoms with Crippen LogP contribution >= 0.6 is 0 Å². The number of amides is 2. The van der Waals surface area contributed by atoms with Crippen LogP contribution in [-0.4, -0.2) is 37.5 Å². The number of esters is 1. The van der Waals surface area contributed by atoms with E-state index in [1.54, 1.807) is 68.4 Å². The van der Waals surface area contributed by atoms with Crippen molar-refractivity contribution in [1.29, 1.82) is 0 Å². The van der Waals surface area contributed by atoms with Gasteiger partial charge in [0.2, 0.25) is 0 Å². The molecule has 1 atom stereocenters. The van der Waals surface area contributed by atoms with Gasteiger partial charge in [0.1, 0.15) is 11.8 Å². The first kappa shape index (κ1) is 21.0. The number of rotatable bonds is 8. The van der Waals surface area contributed by atoms with Crippen LogP contribution in [0.1, 0.15) is 24.2 Å². The molecule has 0 unspecified atom stereocenters. The first-order valence-corrected chi connectivity index (χ1v) is 8.87. The molecule has 148 valence electrons. The smallest absolute Gasteiger partial charge is 0.329 e. The van der Waals surface area contributed by atoms with Gasteiger partial charge >= 0.3 is 5.97 Å². The lowest BCUT2D eigenvalue weighted by molar-refractivity contribution is -0.150. The van der Waals surface area contributed by atoms with Crippen LogP contribution in [-0.2, 0) is 14.3 Å². The molecule has 2 aromatic carbocycles. The molecule has 0 heterocycles. The van der Waals surface area contributed by atoms with Gasteiger partial charge in [0.15, 0.2) is 6.61 Å². The van der Waals surface area contributed by atoms with Crippen molar-refractivity contribution in [3.63, 3.8) is 0 Å². The Balaban J connectivity index is 1.93. The zero-order valence-corrected chi connectivity index (χ0v) is 16.1. The second-order valence-electron chi connectivity index (χ2n) is 6.42. The Hall–Kier alpha value is -3.35. The normalized spacial score (nSPS) is 11.4. The topological polar surface area (TPSA) is 93.7 Å². The monoisotopic (exact) mass is 384 g/mol. The van der Waals surface area contributed by atoms with Crippen LogP contribution in [0.5, 0.6) is 5.75 Å². The fourth-order valence-corrected chi connectivity index (χ4v) is 2.47. The molecule has 0 saturated carbocycles. The number of anilines is 1. The Morgan fingerprint density at radius 1 is 0.964 bits per heavy atom. The fraction of sp³-hybridized carbons (Fsp3) is 0.286. The van der Waals surface area contributed by atoms with Gasteiger partial charge in [-0.05, 0) is 30.2 Å². The van der Waals surface area contributed by atoms with E-state index in [9.17, 15) is 14.4 Å². The average molecular weight is 384 g/mol. The summed E-state index contributed by atoms with van der Waals surface area (Å²) in [4.78, 5) is 36.8. The predicted octanol–water partition coefficient (Wildman–Crippen LogP) is 2.63. The zero-order valence-electron chi connectivity index (χ0n) is 16.1. The van der Waals surface area contributed by atoms with E-state index in [0.717, 1.165) is 0 Å². The Kier molecular flexibility index (Phi) is 7.56. The number of methoxy groups -OCH3 is 1. The first-order chi connectivity index (χ1) is 13.4. The van der Waals surface area contributed by atoms with Crippen molar-refractivity contribution < 1.29 is 23.9 Å². The van der Waals surface area contributed by atoms with Crippen molar-refractivity contribution >= 4 is 23.5 Å². The summed E-state index contributed by atoms with van der Waals surface area (Å²) in [6.45, 7) is 3.10. The molecular formula is C21H24N2O5. The zero-order chi connectivity index (χ0) is 20.5. The van der Waals surface area contributed by atoms with Gasteiger partial charge in [-0.15, -0.1) is 0 Å². The lowest BCUT2D eigenvalue weighted by Crippen LogP contribution is -2.45. The predicted molar refractivity (Wildman–Crippen MR) is 105 cm³/mol. The molecule has 0 bridgehead atoms. The van der Waals surface area contributed by atoms with Gasteiger partial charge in [-0.25, -0.2) is 4.79 Å². The first-order valence-electron chi connectivity index (χ1n) is 8.87. The van der Waals surface area contributed by atoms with E-state index in [4.69, 9.17) is 9.47 Å². The standard InChI is InChI=1S/C21H24N2O5/c1-14(2)19(23-20(25)15-9-5-4-6-10-15)21(26)28-13-18(24)22-16-11-7-8-12-17(16)27-3/h4-12,14,19H,13H2,1-3H3,(H,22,24)(H,23,25)/t19-/m0/s1. The third-order valence-corrected chi connectivity index (χ3v) is 3.97. The number of hydrogen-bond donors (Lipinski definition) is 2. The van der Waals surface area contributed by atoms with E-state index in [2.05, 4.69) is 10.6 Å².